The van der Waals surface area contributed by atoms with Crippen molar-refractivity contribution in [2.75, 3.05) is 7.05 Å². The first kappa shape index (κ1) is 16.4. The number of nitrogens with zero attached hydrogens (tertiary/aromatic N) is 1. The summed E-state index contributed by atoms with van der Waals surface area (Å²) >= 11 is 0. The minimum Gasteiger partial charge on any atom is -0.481 e. The summed E-state index contributed by atoms with van der Waals surface area (Å²) in [6.07, 6.45) is -0.827. The monoisotopic (exact) mass is 275 g/mol. The first-order chi connectivity index (χ1) is 8.90. The van der Waals surface area contributed by atoms with Gasteiger partial charge >= 0.3 is 17.9 Å². The maximum absolute atomic E-state index is 11.1. The van der Waals surface area contributed by atoms with E-state index >= 15 is 0 Å². The summed E-state index contributed by atoms with van der Waals surface area (Å²) in [4.78, 5) is 40.2. The zero-order valence-corrected chi connectivity index (χ0v) is 9.90. The van der Waals surface area contributed by atoms with Crippen molar-refractivity contribution in [3.05, 3.63) is 11.8 Å². The second-order valence-electron chi connectivity index (χ2n) is 3.05. The third kappa shape index (κ3) is 7.33. The predicted octanol–water partition coefficient (Wildman–Crippen LogP) is -2.13. The zero-order valence-electron chi connectivity index (χ0n) is 9.90. The Bertz CT molecular complexity index is 405. The van der Waals surface area contributed by atoms with Gasteiger partial charge in [-0.2, -0.15) is 5.10 Å². The Balaban J connectivity index is 4.29. The van der Waals surface area contributed by atoms with Crippen LogP contribution in [0.5, 0.6) is 0 Å². The molecule has 10 nitrogen and oxygen atoms in total. The number of aliphatic hydroxyl groups is 1. The van der Waals surface area contributed by atoms with Crippen molar-refractivity contribution in [3.63, 3.8) is 0 Å². The molecule has 1 atom stereocenters. The van der Waals surface area contributed by atoms with Crippen molar-refractivity contribution >= 4 is 24.1 Å². The maximum atomic E-state index is 11.1. The average Bonchev–Trinajstić information content (AvgIpc) is 2.34. The van der Waals surface area contributed by atoms with Gasteiger partial charge in [0, 0.05) is 7.05 Å². The molecule has 0 spiro atoms. The van der Waals surface area contributed by atoms with E-state index in [0.29, 0.717) is 0 Å². The fourth-order valence-electron chi connectivity index (χ4n) is 0.792. The molecule has 0 aromatic rings. The highest BCUT2D eigenvalue weighted by molar-refractivity contribution is 5.91. The lowest BCUT2D eigenvalue weighted by atomic mass is 10.3. The van der Waals surface area contributed by atoms with Crippen LogP contribution >= 0.6 is 0 Å². The minimum absolute atomic E-state index is 0.176. The van der Waals surface area contributed by atoms with E-state index in [9.17, 15) is 14.4 Å². The van der Waals surface area contributed by atoms with Crippen LogP contribution in [0.25, 0.3) is 0 Å². The second-order valence-corrected chi connectivity index (χ2v) is 3.05. The fourth-order valence-corrected chi connectivity index (χ4v) is 0.792. The Morgan fingerprint density at radius 1 is 1.42 bits per heavy atom. The lowest BCUT2D eigenvalue weighted by molar-refractivity contribution is -0.260. The van der Waals surface area contributed by atoms with Gasteiger partial charge in [0.15, 0.2) is 6.10 Å². The van der Waals surface area contributed by atoms with Gasteiger partial charge in [0.1, 0.15) is 0 Å². The van der Waals surface area contributed by atoms with Crippen LogP contribution in [-0.4, -0.2) is 47.5 Å². The quantitative estimate of drug-likeness (QED) is 0.139. The SMILES string of the molecule is CNC(/C=N\N)=C/C(=O)OOC(=O)C(O)CC(=O)O. The number of hydrazone groups is 1. The van der Waals surface area contributed by atoms with Crippen LogP contribution in [-0.2, 0) is 24.2 Å². The Kier molecular flexibility index (Phi) is 7.30. The van der Waals surface area contributed by atoms with Crippen molar-refractivity contribution < 1.29 is 34.4 Å². The van der Waals surface area contributed by atoms with Gasteiger partial charge in [-0.3, -0.25) is 4.79 Å². The molecular formula is C9H13N3O7. The third-order valence-corrected chi connectivity index (χ3v) is 1.62. The van der Waals surface area contributed by atoms with Crippen LogP contribution < -0.4 is 11.2 Å². The number of hydrogen-bond donors (Lipinski definition) is 4. The topological polar surface area (TPSA) is 161 Å². The lowest BCUT2D eigenvalue weighted by Gasteiger charge is -2.05. The number of carbonyl (C=O) groups excluding carboxylic acids is 2. The molecule has 0 rings (SSSR count). The number of aliphatic carboxylic acids is 1. The van der Waals surface area contributed by atoms with Crippen molar-refractivity contribution in [1.29, 1.82) is 0 Å². The van der Waals surface area contributed by atoms with Gasteiger partial charge in [0.2, 0.25) is 0 Å². The number of nitrogens with two attached hydrogens (primary N) is 1. The third-order valence-electron chi connectivity index (χ3n) is 1.62. The first-order valence-corrected chi connectivity index (χ1v) is 4.85. The van der Waals surface area contributed by atoms with Gasteiger partial charge in [-0.15, -0.1) is 0 Å². The molecule has 0 aliphatic carbocycles. The van der Waals surface area contributed by atoms with Gasteiger partial charge in [0.05, 0.1) is 24.4 Å². The van der Waals surface area contributed by atoms with Crippen LogP contribution in [0.2, 0.25) is 0 Å². The van der Waals surface area contributed by atoms with Crippen molar-refractivity contribution in [2.45, 2.75) is 12.5 Å². The molecule has 0 heterocycles. The number of nitrogens with one attached hydrogen (secondary N) is 1. The van der Waals surface area contributed by atoms with Crippen LogP contribution in [0.4, 0.5) is 0 Å². The van der Waals surface area contributed by atoms with Crippen molar-refractivity contribution in [3.8, 4) is 0 Å². The molecule has 106 valence electrons. The van der Waals surface area contributed by atoms with Gasteiger partial charge in [-0.05, 0) is 0 Å². The Morgan fingerprint density at radius 3 is 2.53 bits per heavy atom. The lowest BCUT2D eigenvalue weighted by Crippen LogP contribution is -2.27. The Morgan fingerprint density at radius 2 is 2.05 bits per heavy atom. The predicted molar refractivity (Wildman–Crippen MR) is 60.3 cm³/mol. The number of carboxylic acid groups (broad SMARTS) is 1. The molecule has 1 unspecified atom stereocenters. The number of allylic oxidation sites excluding steroid dienone is 1. The molecule has 5 N–H and O–H groups in total. The molecule has 10 heteroatoms. The van der Waals surface area contributed by atoms with Gasteiger partial charge in [-0.1, -0.05) is 0 Å². The molecular weight excluding hydrogens is 262 g/mol. The highest BCUT2D eigenvalue weighted by atomic mass is 17.2. The van der Waals surface area contributed by atoms with Gasteiger partial charge < -0.3 is 21.4 Å². The summed E-state index contributed by atoms with van der Waals surface area (Å²) < 4.78 is 0. The number of rotatable bonds is 6. The number of carboxylic acids is 1. The van der Waals surface area contributed by atoms with E-state index in [1.54, 1.807) is 0 Å². The Hall–Kier alpha value is -2.62. The van der Waals surface area contributed by atoms with Crippen LogP contribution in [0, 0.1) is 0 Å². The van der Waals surface area contributed by atoms with E-state index in [2.05, 4.69) is 20.2 Å². The number of aliphatic hydroxyl groups excluding tert-OH is 1. The summed E-state index contributed by atoms with van der Waals surface area (Å²) in [7, 11) is 1.48. The molecule has 0 radical (unpaired) electrons. The summed E-state index contributed by atoms with van der Waals surface area (Å²) in [6.45, 7) is 0. The maximum Gasteiger partial charge on any atom is 0.384 e. The molecule has 0 aliphatic heterocycles. The normalized spacial score (nSPS) is 12.8. The van der Waals surface area contributed by atoms with Gasteiger partial charge in [0.25, 0.3) is 0 Å². The number of hydrogen-bond acceptors (Lipinski definition) is 9. The van der Waals surface area contributed by atoms with E-state index in [1.165, 1.54) is 7.05 Å². The standard InChI is InChI=1S/C9H13N3O7/c1-11-5(4-12-10)2-8(16)18-19-9(17)6(13)3-7(14)15/h2,4,6,11,13H,3,10H2,1H3,(H,14,15)/b5-2+,12-4-. The van der Waals surface area contributed by atoms with Crippen LogP contribution in [0.1, 0.15) is 6.42 Å². The average molecular weight is 275 g/mol. The van der Waals surface area contributed by atoms with E-state index in [1.807, 2.05) is 0 Å². The molecule has 0 aliphatic rings. The van der Waals surface area contributed by atoms with E-state index in [0.717, 1.165) is 12.3 Å². The minimum atomic E-state index is -1.93. The van der Waals surface area contributed by atoms with E-state index in [4.69, 9.17) is 16.1 Å². The zero-order chi connectivity index (χ0) is 14.8. The first-order valence-electron chi connectivity index (χ1n) is 4.85. The van der Waals surface area contributed by atoms with Crippen LogP contribution in [0.3, 0.4) is 0 Å². The highest BCUT2D eigenvalue weighted by Gasteiger charge is 2.22. The second kappa shape index (κ2) is 8.47. The smallest absolute Gasteiger partial charge is 0.384 e. The summed E-state index contributed by atoms with van der Waals surface area (Å²) in [6, 6.07) is 0. The van der Waals surface area contributed by atoms with Crippen molar-refractivity contribution in [2.24, 2.45) is 10.9 Å². The van der Waals surface area contributed by atoms with Gasteiger partial charge in [-0.25, -0.2) is 19.4 Å². The molecule has 0 aromatic heterocycles. The van der Waals surface area contributed by atoms with E-state index in [-0.39, 0.29) is 5.70 Å². The van der Waals surface area contributed by atoms with E-state index < -0.39 is 30.4 Å². The molecule has 0 saturated heterocycles. The molecule has 0 saturated carbocycles. The highest BCUT2D eigenvalue weighted by Crippen LogP contribution is 1.97. The largest absolute Gasteiger partial charge is 0.481 e. The summed E-state index contributed by atoms with van der Waals surface area (Å²) in [5.74, 6) is 0.958. The molecule has 0 bridgehead atoms. The summed E-state index contributed by atoms with van der Waals surface area (Å²) in [5, 5.41) is 23.0. The fraction of sp³-hybridized carbons (Fsp3) is 0.333. The molecule has 0 aromatic carbocycles. The van der Waals surface area contributed by atoms with Crippen LogP contribution in [0.15, 0.2) is 16.9 Å². The molecule has 19 heavy (non-hydrogen) atoms. The Labute approximate surface area is 107 Å². The van der Waals surface area contributed by atoms with Crippen molar-refractivity contribution in [1.82, 2.24) is 5.32 Å². The summed E-state index contributed by atoms with van der Waals surface area (Å²) in [5.41, 5.74) is 0.176. The molecule has 0 fully saturated rings. The number of carbonyl (C=O) groups is 3. The molecule has 0 amide bonds.